The van der Waals surface area contributed by atoms with E-state index in [9.17, 15) is 30.0 Å². The van der Waals surface area contributed by atoms with Crippen LogP contribution >= 0.6 is 0 Å². The van der Waals surface area contributed by atoms with Crippen LogP contribution in [-0.2, 0) is 19.1 Å². The van der Waals surface area contributed by atoms with Crippen LogP contribution in [0.25, 0.3) is 0 Å². The van der Waals surface area contributed by atoms with Crippen LogP contribution in [0.4, 0.5) is 0 Å². The van der Waals surface area contributed by atoms with Crippen LogP contribution in [0.2, 0.25) is 0 Å². The van der Waals surface area contributed by atoms with Gasteiger partial charge < -0.3 is 29.9 Å². The number of carbonyl (C=O) groups excluding carboxylic acids is 2. The molecule has 8 heteroatoms. The highest BCUT2D eigenvalue weighted by Crippen LogP contribution is 2.68. The van der Waals surface area contributed by atoms with Gasteiger partial charge in [-0.3, -0.25) is 4.79 Å². The summed E-state index contributed by atoms with van der Waals surface area (Å²) in [5.74, 6) is -0.650. The van der Waals surface area contributed by atoms with Crippen molar-refractivity contribution in [2.45, 2.75) is 115 Å². The molecule has 0 amide bonds. The first-order valence-electron chi connectivity index (χ1n) is 14.5. The molecule has 0 aromatic carbocycles. The van der Waals surface area contributed by atoms with Gasteiger partial charge in [0.2, 0.25) is 0 Å². The summed E-state index contributed by atoms with van der Waals surface area (Å²) in [6, 6.07) is 0. The number of ether oxygens (including phenoxy) is 2. The van der Waals surface area contributed by atoms with Crippen LogP contribution in [0.3, 0.4) is 0 Å². The smallest absolute Gasteiger partial charge is 0.338 e. The van der Waals surface area contributed by atoms with E-state index in [1.807, 2.05) is 0 Å². The van der Waals surface area contributed by atoms with Gasteiger partial charge in [-0.25, -0.2) is 4.79 Å². The highest BCUT2D eigenvalue weighted by Gasteiger charge is 2.64. The third kappa shape index (κ3) is 4.08. The van der Waals surface area contributed by atoms with Crippen molar-refractivity contribution in [3.63, 3.8) is 0 Å². The Hall–Kier alpha value is -1.48. The number of aliphatic hydroxyl groups is 4. The zero-order chi connectivity index (χ0) is 27.8. The maximum Gasteiger partial charge on any atom is 0.338 e. The molecule has 1 heterocycles. The average Bonchev–Trinajstić information content (AvgIpc) is 3.31. The van der Waals surface area contributed by atoms with Crippen molar-refractivity contribution in [3.8, 4) is 0 Å². The predicted molar refractivity (Wildman–Crippen MR) is 138 cm³/mol. The Bertz CT molecular complexity index is 1000. The summed E-state index contributed by atoms with van der Waals surface area (Å²) in [7, 11) is 0. The number of carbonyl (C=O) groups is 2. The van der Waals surface area contributed by atoms with E-state index < -0.39 is 35.3 Å². The molecule has 0 spiro atoms. The van der Waals surface area contributed by atoms with Gasteiger partial charge in [0, 0.05) is 24.7 Å². The van der Waals surface area contributed by atoms with E-state index in [1.165, 1.54) is 19.4 Å². The second kappa shape index (κ2) is 9.28. The zero-order valence-corrected chi connectivity index (χ0v) is 23.5. The highest BCUT2D eigenvalue weighted by atomic mass is 16.6. The highest BCUT2D eigenvalue weighted by molar-refractivity contribution is 5.81. The maximum atomic E-state index is 12.0. The van der Waals surface area contributed by atoms with E-state index in [0.717, 1.165) is 32.1 Å². The Morgan fingerprint density at radius 1 is 1.24 bits per heavy atom. The molecule has 8 nitrogen and oxygen atoms in total. The Morgan fingerprint density at radius 2 is 1.95 bits per heavy atom. The number of cyclic esters (lactones) is 1. The number of hydrogen-bond donors (Lipinski definition) is 4. The lowest BCUT2D eigenvalue weighted by Gasteiger charge is -2.60. The Kier molecular flexibility index (Phi) is 6.86. The lowest BCUT2D eigenvalue weighted by atomic mass is 9.46. The fourth-order valence-electron chi connectivity index (χ4n) is 9.70. The van der Waals surface area contributed by atoms with Crippen molar-refractivity contribution >= 4 is 11.9 Å². The molecule has 4 fully saturated rings. The summed E-state index contributed by atoms with van der Waals surface area (Å²) in [5, 5.41) is 44.2. The van der Waals surface area contributed by atoms with E-state index in [-0.39, 0.29) is 41.8 Å². The van der Waals surface area contributed by atoms with Gasteiger partial charge >= 0.3 is 11.9 Å². The number of hydrogen-bond acceptors (Lipinski definition) is 8. The number of rotatable bonds is 5. The summed E-state index contributed by atoms with van der Waals surface area (Å²) >= 11 is 0. The fourth-order valence-corrected chi connectivity index (χ4v) is 9.70. The molecule has 0 bridgehead atoms. The molecule has 0 aromatic rings. The molecule has 1 saturated heterocycles. The monoisotopic (exact) mass is 534 g/mol. The first-order valence-corrected chi connectivity index (χ1v) is 14.5. The van der Waals surface area contributed by atoms with Crippen molar-refractivity contribution in [3.05, 3.63) is 11.6 Å². The van der Waals surface area contributed by atoms with Crippen LogP contribution in [-0.4, -0.2) is 68.5 Å². The fraction of sp³-hybridized carbons (Fsp3) is 0.867. The van der Waals surface area contributed by atoms with E-state index >= 15 is 0 Å². The van der Waals surface area contributed by atoms with Gasteiger partial charge in [0.15, 0.2) is 5.60 Å². The molecule has 214 valence electrons. The molecule has 5 rings (SSSR count). The number of esters is 2. The van der Waals surface area contributed by atoms with Crippen molar-refractivity contribution < 1.29 is 39.5 Å². The average molecular weight is 535 g/mol. The summed E-state index contributed by atoms with van der Waals surface area (Å²) in [6.07, 6.45) is 5.99. The third-order valence-corrected chi connectivity index (χ3v) is 12.0. The molecule has 4 N–H and O–H groups in total. The van der Waals surface area contributed by atoms with E-state index in [4.69, 9.17) is 9.47 Å². The molecule has 5 aliphatic rings. The molecular weight excluding hydrogens is 488 g/mol. The van der Waals surface area contributed by atoms with Gasteiger partial charge in [0.1, 0.15) is 6.10 Å². The van der Waals surface area contributed by atoms with Crippen LogP contribution in [0.1, 0.15) is 86.0 Å². The maximum absolute atomic E-state index is 12.0. The second-order valence-electron chi connectivity index (χ2n) is 13.9. The Labute approximate surface area is 225 Å². The lowest BCUT2D eigenvalue weighted by molar-refractivity contribution is -0.175. The first-order chi connectivity index (χ1) is 17.6. The van der Waals surface area contributed by atoms with E-state index in [2.05, 4.69) is 19.9 Å². The van der Waals surface area contributed by atoms with Gasteiger partial charge in [-0.05, 0) is 87.9 Å². The molecule has 3 saturated carbocycles. The van der Waals surface area contributed by atoms with E-state index in [1.54, 1.807) is 6.92 Å². The summed E-state index contributed by atoms with van der Waals surface area (Å²) < 4.78 is 10.9. The van der Waals surface area contributed by atoms with Gasteiger partial charge in [0.25, 0.3) is 0 Å². The second-order valence-corrected chi connectivity index (χ2v) is 13.9. The first kappa shape index (κ1) is 28.1. The Balaban J connectivity index is 1.38. The summed E-state index contributed by atoms with van der Waals surface area (Å²) in [5.41, 5.74) is -2.32. The van der Waals surface area contributed by atoms with Crippen molar-refractivity contribution in [1.82, 2.24) is 0 Å². The SMILES string of the molecule is CC(=O)OC1CC(O)CC2=CCC3C4CCC(C(C)(O)C(O)CC5COC(=O)C5(C)O)C4(C)CCC3C21C. The molecule has 0 radical (unpaired) electrons. The predicted octanol–water partition coefficient (Wildman–Crippen LogP) is 2.89. The molecule has 4 aliphatic carbocycles. The van der Waals surface area contributed by atoms with Crippen LogP contribution < -0.4 is 0 Å². The summed E-state index contributed by atoms with van der Waals surface area (Å²) in [6.45, 7) is 9.10. The largest absolute Gasteiger partial charge is 0.463 e. The topological polar surface area (TPSA) is 134 Å². The van der Waals surface area contributed by atoms with Crippen molar-refractivity contribution in [2.24, 2.45) is 40.4 Å². The standard InChI is InChI=1S/C30H46O8/c1-16(31)38-25-14-19(32)12-17-6-7-20-21-8-9-23(27(21,2)11-10-22(20)28(17,25)3)30(5,36)24(33)13-18-15-37-26(34)29(18,4)35/h6,18-25,32-33,35-36H,7-15H2,1-5H3. The van der Waals surface area contributed by atoms with E-state index in [0.29, 0.717) is 30.6 Å². The summed E-state index contributed by atoms with van der Waals surface area (Å²) in [4.78, 5) is 23.9. The third-order valence-electron chi connectivity index (χ3n) is 12.0. The molecule has 38 heavy (non-hydrogen) atoms. The van der Waals surface area contributed by atoms with Crippen LogP contribution in [0.15, 0.2) is 11.6 Å². The van der Waals surface area contributed by atoms with Gasteiger partial charge in [-0.15, -0.1) is 0 Å². The Morgan fingerprint density at radius 3 is 2.58 bits per heavy atom. The lowest BCUT2D eigenvalue weighted by Crippen LogP contribution is -2.58. The zero-order valence-electron chi connectivity index (χ0n) is 23.5. The van der Waals surface area contributed by atoms with Gasteiger partial charge in [-0.2, -0.15) is 0 Å². The van der Waals surface area contributed by atoms with Crippen LogP contribution in [0.5, 0.6) is 0 Å². The minimum atomic E-state index is -1.66. The van der Waals surface area contributed by atoms with Crippen LogP contribution in [0, 0.1) is 40.4 Å². The minimum absolute atomic E-state index is 0.0404. The van der Waals surface area contributed by atoms with Crippen molar-refractivity contribution in [1.29, 1.82) is 0 Å². The number of allylic oxidation sites excluding steroid dienone is 1. The molecule has 12 unspecified atom stereocenters. The molecule has 0 aromatic heterocycles. The number of fused-ring (bicyclic) bond motifs is 5. The minimum Gasteiger partial charge on any atom is -0.463 e. The molecule has 1 aliphatic heterocycles. The van der Waals surface area contributed by atoms with Gasteiger partial charge in [-0.1, -0.05) is 25.5 Å². The molecular formula is C30H46O8. The molecule has 12 atom stereocenters. The van der Waals surface area contributed by atoms with Gasteiger partial charge in [0.05, 0.1) is 24.4 Å². The number of aliphatic hydroxyl groups excluding tert-OH is 2. The quantitative estimate of drug-likeness (QED) is 0.313. The van der Waals surface area contributed by atoms with Crippen molar-refractivity contribution in [2.75, 3.05) is 6.61 Å². The normalized spacial score (nSPS) is 48.6.